The summed E-state index contributed by atoms with van der Waals surface area (Å²) in [4.78, 5) is 9.27. The molecule has 2 aromatic heterocycles. The Kier molecular flexibility index (Phi) is 4.85. The molecule has 0 aliphatic heterocycles. The molecule has 4 nitrogen and oxygen atoms in total. The molecule has 100 valence electrons. The van der Waals surface area contributed by atoms with E-state index in [2.05, 4.69) is 20.6 Å². The second kappa shape index (κ2) is 6.84. The predicted octanol–water partition coefficient (Wildman–Crippen LogP) is 2.15. The molecule has 0 fully saturated rings. The van der Waals surface area contributed by atoms with Crippen molar-refractivity contribution in [3.63, 3.8) is 0 Å². The van der Waals surface area contributed by atoms with Gasteiger partial charge < -0.3 is 10.6 Å². The fraction of sp³-hybridized carbons (Fsp3) is 0.231. The van der Waals surface area contributed by atoms with Crippen LogP contribution in [0, 0.1) is 5.82 Å². The summed E-state index contributed by atoms with van der Waals surface area (Å²) < 4.78 is 13.4. The van der Waals surface area contributed by atoms with Gasteiger partial charge in [0.25, 0.3) is 0 Å². The SMILES string of the molecule is CN=C(NCc1cccs1)NCc1ncccc1F. The smallest absolute Gasteiger partial charge is 0.191 e. The van der Waals surface area contributed by atoms with Crippen LogP contribution in [0.5, 0.6) is 0 Å². The number of pyridine rings is 1. The van der Waals surface area contributed by atoms with Gasteiger partial charge in [0.1, 0.15) is 5.82 Å². The average Bonchev–Trinajstić information content (AvgIpc) is 2.94. The van der Waals surface area contributed by atoms with E-state index in [1.807, 2.05) is 17.5 Å². The molecule has 0 aliphatic carbocycles. The van der Waals surface area contributed by atoms with Crippen LogP contribution < -0.4 is 10.6 Å². The van der Waals surface area contributed by atoms with Crippen LogP contribution in [0.1, 0.15) is 10.6 Å². The lowest BCUT2D eigenvalue weighted by Crippen LogP contribution is -2.36. The summed E-state index contributed by atoms with van der Waals surface area (Å²) >= 11 is 1.67. The highest BCUT2D eigenvalue weighted by atomic mass is 32.1. The Labute approximate surface area is 115 Å². The lowest BCUT2D eigenvalue weighted by Gasteiger charge is -2.11. The Balaban J connectivity index is 1.85. The molecule has 0 aromatic carbocycles. The molecule has 0 aliphatic rings. The number of aliphatic imine (C=N–C) groups is 1. The van der Waals surface area contributed by atoms with Gasteiger partial charge in [-0.3, -0.25) is 9.98 Å². The van der Waals surface area contributed by atoms with E-state index in [1.54, 1.807) is 30.6 Å². The van der Waals surface area contributed by atoms with Gasteiger partial charge in [-0.25, -0.2) is 4.39 Å². The second-order valence-electron chi connectivity index (χ2n) is 3.79. The molecule has 2 aromatic rings. The number of guanidine groups is 1. The van der Waals surface area contributed by atoms with Crippen LogP contribution in [0.15, 0.2) is 40.8 Å². The van der Waals surface area contributed by atoms with Gasteiger partial charge >= 0.3 is 0 Å². The molecule has 0 unspecified atom stereocenters. The average molecular weight is 278 g/mol. The zero-order chi connectivity index (χ0) is 13.5. The molecule has 0 saturated heterocycles. The quantitative estimate of drug-likeness (QED) is 0.665. The van der Waals surface area contributed by atoms with Crippen molar-refractivity contribution in [2.24, 2.45) is 4.99 Å². The summed E-state index contributed by atoms with van der Waals surface area (Å²) in [6.07, 6.45) is 1.57. The fourth-order valence-corrected chi connectivity index (χ4v) is 2.17. The number of thiophene rings is 1. The molecule has 0 bridgehead atoms. The number of hydrogen-bond acceptors (Lipinski definition) is 3. The van der Waals surface area contributed by atoms with E-state index in [9.17, 15) is 4.39 Å². The molecule has 2 rings (SSSR count). The molecule has 0 amide bonds. The predicted molar refractivity (Wildman–Crippen MR) is 75.6 cm³/mol. The summed E-state index contributed by atoms with van der Waals surface area (Å²) in [5, 5.41) is 8.21. The van der Waals surface area contributed by atoms with Gasteiger partial charge in [-0.05, 0) is 23.6 Å². The van der Waals surface area contributed by atoms with E-state index in [0.29, 0.717) is 24.7 Å². The van der Waals surface area contributed by atoms with Crippen molar-refractivity contribution < 1.29 is 4.39 Å². The van der Waals surface area contributed by atoms with Crippen LogP contribution in [0.25, 0.3) is 0 Å². The van der Waals surface area contributed by atoms with Gasteiger partial charge in [0.15, 0.2) is 5.96 Å². The van der Waals surface area contributed by atoms with E-state index >= 15 is 0 Å². The zero-order valence-corrected chi connectivity index (χ0v) is 11.4. The van der Waals surface area contributed by atoms with E-state index in [0.717, 1.165) is 0 Å². The van der Waals surface area contributed by atoms with Crippen LogP contribution in [0.2, 0.25) is 0 Å². The first-order chi connectivity index (χ1) is 9.29. The van der Waals surface area contributed by atoms with Gasteiger partial charge in [0.05, 0.1) is 18.8 Å². The molecular formula is C13H15FN4S. The Hall–Kier alpha value is -1.95. The molecule has 0 radical (unpaired) electrons. The van der Waals surface area contributed by atoms with Gasteiger partial charge in [-0.15, -0.1) is 11.3 Å². The lowest BCUT2D eigenvalue weighted by atomic mass is 10.3. The van der Waals surface area contributed by atoms with Gasteiger partial charge in [-0.1, -0.05) is 6.07 Å². The summed E-state index contributed by atoms with van der Waals surface area (Å²) in [5.41, 5.74) is 0.376. The van der Waals surface area contributed by atoms with Crippen molar-refractivity contribution in [1.82, 2.24) is 15.6 Å². The lowest BCUT2D eigenvalue weighted by molar-refractivity contribution is 0.592. The van der Waals surface area contributed by atoms with Crippen LogP contribution in [-0.2, 0) is 13.1 Å². The highest BCUT2D eigenvalue weighted by Crippen LogP contribution is 2.07. The molecule has 2 heterocycles. The summed E-state index contributed by atoms with van der Waals surface area (Å²) in [7, 11) is 1.68. The monoisotopic (exact) mass is 278 g/mol. The highest BCUT2D eigenvalue weighted by molar-refractivity contribution is 7.09. The molecular weight excluding hydrogens is 263 g/mol. The van der Waals surface area contributed by atoms with E-state index in [4.69, 9.17) is 0 Å². The maximum Gasteiger partial charge on any atom is 0.191 e. The second-order valence-corrected chi connectivity index (χ2v) is 4.82. The van der Waals surface area contributed by atoms with Crippen molar-refractivity contribution in [3.05, 3.63) is 52.2 Å². The first-order valence-corrected chi connectivity index (χ1v) is 6.74. The van der Waals surface area contributed by atoms with Crippen LogP contribution in [0.4, 0.5) is 4.39 Å². The van der Waals surface area contributed by atoms with Crippen LogP contribution in [0.3, 0.4) is 0 Å². The van der Waals surface area contributed by atoms with E-state index in [-0.39, 0.29) is 5.82 Å². The molecule has 0 saturated carbocycles. The molecule has 0 atom stereocenters. The standard InChI is InChI=1S/C13H15FN4S/c1-15-13(17-8-10-4-3-7-19-10)18-9-12-11(14)5-2-6-16-12/h2-7H,8-9H2,1H3,(H2,15,17,18). The molecule has 0 spiro atoms. The summed E-state index contributed by atoms with van der Waals surface area (Å²) in [6.45, 7) is 0.999. The van der Waals surface area contributed by atoms with E-state index < -0.39 is 0 Å². The maximum atomic E-state index is 13.4. The minimum atomic E-state index is -0.316. The third kappa shape index (κ3) is 4.03. The number of aromatic nitrogens is 1. The van der Waals surface area contributed by atoms with Crippen LogP contribution in [-0.4, -0.2) is 18.0 Å². The Bertz CT molecular complexity index is 539. The molecule has 6 heteroatoms. The largest absolute Gasteiger partial charge is 0.352 e. The number of nitrogens with one attached hydrogen (secondary N) is 2. The van der Waals surface area contributed by atoms with Gasteiger partial charge in [-0.2, -0.15) is 0 Å². The first kappa shape index (κ1) is 13.5. The Morgan fingerprint density at radius 3 is 2.84 bits per heavy atom. The fourth-order valence-electron chi connectivity index (χ4n) is 1.52. The number of nitrogens with zero attached hydrogens (tertiary/aromatic N) is 2. The Morgan fingerprint density at radius 1 is 1.32 bits per heavy atom. The number of halogens is 1. The third-order valence-electron chi connectivity index (χ3n) is 2.49. The van der Waals surface area contributed by atoms with Crippen LogP contribution >= 0.6 is 11.3 Å². The highest BCUT2D eigenvalue weighted by Gasteiger charge is 2.04. The third-order valence-corrected chi connectivity index (χ3v) is 3.37. The normalized spacial score (nSPS) is 11.4. The minimum Gasteiger partial charge on any atom is -0.352 e. The summed E-state index contributed by atoms with van der Waals surface area (Å²) in [5.74, 6) is 0.308. The van der Waals surface area contributed by atoms with Gasteiger partial charge in [0.2, 0.25) is 0 Å². The van der Waals surface area contributed by atoms with E-state index in [1.165, 1.54) is 10.9 Å². The maximum absolute atomic E-state index is 13.4. The summed E-state index contributed by atoms with van der Waals surface area (Å²) in [6, 6.07) is 7.01. The van der Waals surface area contributed by atoms with Crippen molar-refractivity contribution in [2.75, 3.05) is 7.05 Å². The molecule has 19 heavy (non-hydrogen) atoms. The van der Waals surface area contributed by atoms with Crippen molar-refractivity contribution in [1.29, 1.82) is 0 Å². The number of rotatable bonds is 4. The minimum absolute atomic E-state index is 0.302. The van der Waals surface area contributed by atoms with Crippen molar-refractivity contribution >= 4 is 17.3 Å². The number of hydrogen-bond donors (Lipinski definition) is 2. The van der Waals surface area contributed by atoms with Crippen molar-refractivity contribution in [2.45, 2.75) is 13.1 Å². The van der Waals surface area contributed by atoms with Crippen molar-refractivity contribution in [3.8, 4) is 0 Å². The molecule has 2 N–H and O–H groups in total. The topological polar surface area (TPSA) is 49.3 Å². The first-order valence-electron chi connectivity index (χ1n) is 5.86. The Morgan fingerprint density at radius 2 is 2.16 bits per heavy atom. The zero-order valence-electron chi connectivity index (χ0n) is 10.6. The van der Waals surface area contributed by atoms with Gasteiger partial charge in [0, 0.05) is 18.1 Å².